The highest BCUT2D eigenvalue weighted by molar-refractivity contribution is 7.99. The van der Waals surface area contributed by atoms with Crippen LogP contribution in [0, 0.1) is 0 Å². The first-order valence-electron chi connectivity index (χ1n) is 10.8. The minimum atomic E-state index is -0.268. The summed E-state index contributed by atoms with van der Waals surface area (Å²) < 4.78 is 8.05. The Morgan fingerprint density at radius 3 is 2.70 bits per heavy atom. The van der Waals surface area contributed by atoms with Gasteiger partial charge in [0.15, 0.2) is 17.1 Å². The molecular formula is C23H32N4O2S. The van der Waals surface area contributed by atoms with E-state index in [-0.39, 0.29) is 12.0 Å². The van der Waals surface area contributed by atoms with Crippen LogP contribution in [0.2, 0.25) is 0 Å². The Labute approximate surface area is 183 Å². The average Bonchev–Trinajstić information content (AvgIpc) is 3.16. The zero-order valence-electron chi connectivity index (χ0n) is 18.0. The molecule has 0 bridgehead atoms. The third-order valence-electron chi connectivity index (χ3n) is 5.37. The van der Waals surface area contributed by atoms with Gasteiger partial charge in [0.05, 0.1) is 5.75 Å². The van der Waals surface area contributed by atoms with Crippen molar-refractivity contribution in [3.8, 4) is 5.75 Å². The molecule has 1 aliphatic rings. The van der Waals surface area contributed by atoms with Crippen LogP contribution < -0.4 is 10.1 Å². The molecule has 0 aliphatic heterocycles. The Morgan fingerprint density at radius 2 is 2.03 bits per heavy atom. The number of allylic oxidation sites excluding steroid dienone is 1. The smallest absolute Gasteiger partial charge is 0.230 e. The summed E-state index contributed by atoms with van der Waals surface area (Å²) in [6.07, 6.45) is 8.39. The Hall–Kier alpha value is -2.28. The molecule has 0 radical (unpaired) electrons. The molecular weight excluding hydrogens is 396 g/mol. The van der Waals surface area contributed by atoms with Gasteiger partial charge in [-0.1, -0.05) is 56.2 Å². The van der Waals surface area contributed by atoms with Crippen molar-refractivity contribution >= 4 is 17.7 Å². The maximum absolute atomic E-state index is 12.4. The van der Waals surface area contributed by atoms with Crippen LogP contribution in [0.4, 0.5) is 0 Å². The minimum absolute atomic E-state index is 0.0573. The second-order valence-corrected chi connectivity index (χ2v) is 8.63. The number of nitrogens with one attached hydrogen (secondary N) is 1. The topological polar surface area (TPSA) is 69.0 Å². The molecule has 1 aliphatic carbocycles. The highest BCUT2D eigenvalue weighted by Gasteiger charge is 2.21. The summed E-state index contributed by atoms with van der Waals surface area (Å²) in [6.45, 7) is 8.50. The number of hydrogen-bond donors (Lipinski definition) is 1. The molecule has 162 valence electrons. The van der Waals surface area contributed by atoms with Crippen molar-refractivity contribution in [1.82, 2.24) is 20.1 Å². The van der Waals surface area contributed by atoms with Gasteiger partial charge in [0.2, 0.25) is 5.91 Å². The molecule has 1 atom stereocenters. The van der Waals surface area contributed by atoms with E-state index in [9.17, 15) is 4.79 Å². The average molecular weight is 429 g/mol. The number of hydrogen-bond acceptors (Lipinski definition) is 5. The maximum Gasteiger partial charge on any atom is 0.230 e. The summed E-state index contributed by atoms with van der Waals surface area (Å²) in [5, 5.41) is 12.5. The molecule has 1 aromatic carbocycles. The van der Waals surface area contributed by atoms with E-state index in [2.05, 4.69) is 41.1 Å². The maximum atomic E-state index is 12.4. The number of thioether (sulfide) groups is 1. The third-order valence-corrected chi connectivity index (χ3v) is 6.33. The predicted molar refractivity (Wildman–Crippen MR) is 121 cm³/mol. The fourth-order valence-electron chi connectivity index (χ4n) is 3.72. The highest BCUT2D eigenvalue weighted by Crippen LogP contribution is 2.25. The summed E-state index contributed by atoms with van der Waals surface area (Å²) in [5.41, 5.74) is 1.27. The monoisotopic (exact) mass is 428 g/mol. The predicted octanol–water partition coefficient (Wildman–Crippen LogP) is 4.71. The molecule has 1 heterocycles. The van der Waals surface area contributed by atoms with Gasteiger partial charge in [-0.05, 0) is 43.9 Å². The summed E-state index contributed by atoms with van der Waals surface area (Å²) in [4.78, 5) is 12.4. The first kappa shape index (κ1) is 22.4. The van der Waals surface area contributed by atoms with Crippen molar-refractivity contribution in [3.05, 3.63) is 48.3 Å². The number of nitrogens with zero attached hydrogens (tertiary/aromatic N) is 3. The largest absolute Gasteiger partial charge is 0.483 e. The quantitative estimate of drug-likeness (QED) is 0.438. The van der Waals surface area contributed by atoms with Crippen LogP contribution in [0.3, 0.4) is 0 Å². The van der Waals surface area contributed by atoms with Crippen molar-refractivity contribution < 1.29 is 9.53 Å². The summed E-state index contributed by atoms with van der Waals surface area (Å²) in [5.74, 6) is 1.92. The van der Waals surface area contributed by atoms with E-state index in [0.717, 1.165) is 30.8 Å². The SMILES string of the molecule is C=CCn1c(SCC(=O)NC2CCCCC2)nnc1C(C)Oc1ccc(CC)cc1. The number of carbonyl (C=O) groups is 1. The van der Waals surface area contributed by atoms with E-state index in [1.165, 1.54) is 36.6 Å². The number of benzene rings is 1. The van der Waals surface area contributed by atoms with Crippen LogP contribution in [-0.4, -0.2) is 32.5 Å². The van der Waals surface area contributed by atoms with Crippen molar-refractivity contribution in [3.63, 3.8) is 0 Å². The zero-order valence-corrected chi connectivity index (χ0v) is 18.8. The molecule has 0 saturated heterocycles. The van der Waals surface area contributed by atoms with Crippen LogP contribution >= 0.6 is 11.8 Å². The normalized spacial score (nSPS) is 15.5. The second kappa shape index (κ2) is 11.2. The van der Waals surface area contributed by atoms with Crippen LogP contribution in [-0.2, 0) is 17.8 Å². The van der Waals surface area contributed by atoms with E-state index in [4.69, 9.17) is 4.74 Å². The summed E-state index contributed by atoms with van der Waals surface area (Å²) in [7, 11) is 0. The molecule has 30 heavy (non-hydrogen) atoms. The van der Waals surface area contributed by atoms with Gasteiger partial charge in [-0.3, -0.25) is 9.36 Å². The Balaban J connectivity index is 1.61. The summed E-state index contributed by atoms with van der Waals surface area (Å²) in [6, 6.07) is 8.43. The van der Waals surface area contributed by atoms with Crippen molar-refractivity contribution in [1.29, 1.82) is 0 Å². The molecule has 1 saturated carbocycles. The van der Waals surface area contributed by atoms with E-state index in [1.807, 2.05) is 29.7 Å². The number of aryl methyl sites for hydroxylation is 1. The fourth-order valence-corrected chi connectivity index (χ4v) is 4.48. The summed E-state index contributed by atoms with van der Waals surface area (Å²) >= 11 is 1.41. The van der Waals surface area contributed by atoms with Gasteiger partial charge < -0.3 is 10.1 Å². The molecule has 1 unspecified atom stereocenters. The van der Waals surface area contributed by atoms with E-state index >= 15 is 0 Å². The third kappa shape index (κ3) is 6.11. The second-order valence-electron chi connectivity index (χ2n) is 7.69. The van der Waals surface area contributed by atoms with Gasteiger partial charge in [0.1, 0.15) is 5.75 Å². The standard InChI is InChI=1S/C23H32N4O2S/c1-4-15-27-22(17(3)29-20-13-11-18(5-2)12-14-20)25-26-23(27)30-16-21(28)24-19-9-7-6-8-10-19/h4,11-14,17,19H,1,5-10,15-16H2,2-3H3,(H,24,28). The molecule has 1 N–H and O–H groups in total. The lowest BCUT2D eigenvalue weighted by molar-refractivity contribution is -0.119. The lowest BCUT2D eigenvalue weighted by atomic mass is 9.95. The van der Waals surface area contributed by atoms with Crippen molar-refractivity contribution in [2.75, 3.05) is 5.75 Å². The van der Waals surface area contributed by atoms with E-state index < -0.39 is 0 Å². The molecule has 7 heteroatoms. The number of carbonyl (C=O) groups excluding carboxylic acids is 1. The van der Waals surface area contributed by atoms with Gasteiger partial charge >= 0.3 is 0 Å². The number of ether oxygens (including phenoxy) is 1. The number of aromatic nitrogens is 3. The lowest BCUT2D eigenvalue weighted by Crippen LogP contribution is -2.37. The molecule has 1 amide bonds. The molecule has 2 aromatic rings. The van der Waals surface area contributed by atoms with Gasteiger partial charge in [0.25, 0.3) is 0 Å². The minimum Gasteiger partial charge on any atom is -0.483 e. The van der Waals surface area contributed by atoms with E-state index in [1.54, 1.807) is 0 Å². The Bertz CT molecular complexity index is 828. The molecule has 6 nitrogen and oxygen atoms in total. The molecule has 0 spiro atoms. The zero-order chi connectivity index (χ0) is 21.3. The van der Waals surface area contributed by atoms with Crippen molar-refractivity contribution in [2.45, 2.75) is 76.2 Å². The molecule has 3 rings (SSSR count). The van der Waals surface area contributed by atoms with Gasteiger partial charge in [-0.2, -0.15) is 0 Å². The first-order valence-corrected chi connectivity index (χ1v) is 11.8. The van der Waals surface area contributed by atoms with E-state index in [0.29, 0.717) is 23.5 Å². The fraction of sp³-hybridized carbons (Fsp3) is 0.522. The Morgan fingerprint density at radius 1 is 1.30 bits per heavy atom. The van der Waals surface area contributed by atoms with Crippen LogP contribution in [0.15, 0.2) is 42.1 Å². The number of amides is 1. The molecule has 1 aromatic heterocycles. The van der Waals surface area contributed by atoms with Gasteiger partial charge in [-0.15, -0.1) is 16.8 Å². The lowest BCUT2D eigenvalue weighted by Gasteiger charge is -2.22. The van der Waals surface area contributed by atoms with Gasteiger partial charge in [-0.25, -0.2) is 0 Å². The van der Waals surface area contributed by atoms with Crippen LogP contribution in [0.5, 0.6) is 5.75 Å². The van der Waals surface area contributed by atoms with Crippen LogP contribution in [0.25, 0.3) is 0 Å². The highest BCUT2D eigenvalue weighted by atomic mass is 32.2. The number of rotatable bonds is 10. The van der Waals surface area contributed by atoms with Crippen LogP contribution in [0.1, 0.15) is 63.4 Å². The molecule has 1 fully saturated rings. The Kier molecular flexibility index (Phi) is 8.37. The first-order chi connectivity index (χ1) is 14.6. The van der Waals surface area contributed by atoms with Crippen molar-refractivity contribution in [2.24, 2.45) is 0 Å². The van der Waals surface area contributed by atoms with Gasteiger partial charge in [0, 0.05) is 12.6 Å².